The van der Waals surface area contributed by atoms with E-state index >= 15 is 0 Å². The zero-order valence-electron chi connectivity index (χ0n) is 14.1. The Balaban J connectivity index is 1.74. The van der Waals surface area contributed by atoms with Crippen LogP contribution in [0.5, 0.6) is 5.75 Å². The average Bonchev–Trinajstić information content (AvgIpc) is 2.97. The van der Waals surface area contributed by atoms with Crippen molar-refractivity contribution in [1.82, 2.24) is 0 Å². The van der Waals surface area contributed by atoms with Crippen LogP contribution < -0.4 is 15.0 Å². The molecule has 1 unspecified atom stereocenters. The standard InChI is InChI=1S/C19H19ClN2O3/c1-12-9-14(20)7-8-16(12)22-11-13(10-18(22)23)19(24)21-15-5-3-4-6-17(15)25-2/h3-9,13H,10-11H2,1-2H3,(H,21,24). The summed E-state index contributed by atoms with van der Waals surface area (Å²) >= 11 is 5.98. The summed E-state index contributed by atoms with van der Waals surface area (Å²) in [5.41, 5.74) is 2.30. The van der Waals surface area contributed by atoms with Crippen molar-refractivity contribution < 1.29 is 14.3 Å². The number of methoxy groups -OCH3 is 1. The zero-order chi connectivity index (χ0) is 18.0. The number of anilines is 2. The molecule has 1 atom stereocenters. The molecule has 25 heavy (non-hydrogen) atoms. The number of nitrogens with zero attached hydrogens (tertiary/aromatic N) is 1. The van der Waals surface area contributed by atoms with Gasteiger partial charge < -0.3 is 15.0 Å². The molecule has 1 heterocycles. The number of carbonyl (C=O) groups excluding carboxylic acids is 2. The van der Waals surface area contributed by atoms with E-state index in [4.69, 9.17) is 16.3 Å². The molecule has 0 spiro atoms. The normalized spacial score (nSPS) is 16.8. The second-order valence-electron chi connectivity index (χ2n) is 6.03. The van der Waals surface area contributed by atoms with E-state index in [1.54, 1.807) is 30.2 Å². The van der Waals surface area contributed by atoms with Crippen molar-refractivity contribution >= 4 is 34.8 Å². The Kier molecular flexibility index (Phi) is 4.95. The molecule has 0 saturated carbocycles. The van der Waals surface area contributed by atoms with Crippen molar-refractivity contribution in [3.05, 3.63) is 53.1 Å². The van der Waals surface area contributed by atoms with Crippen LogP contribution in [0, 0.1) is 12.8 Å². The molecule has 0 aromatic heterocycles. The summed E-state index contributed by atoms with van der Waals surface area (Å²) in [7, 11) is 1.55. The Labute approximate surface area is 151 Å². The summed E-state index contributed by atoms with van der Waals surface area (Å²) in [6, 6.07) is 12.6. The molecule has 1 saturated heterocycles. The van der Waals surface area contributed by atoms with E-state index in [1.807, 2.05) is 31.2 Å². The first kappa shape index (κ1) is 17.3. The quantitative estimate of drug-likeness (QED) is 0.907. The first-order valence-electron chi connectivity index (χ1n) is 8.00. The fourth-order valence-corrected chi connectivity index (χ4v) is 3.25. The Hall–Kier alpha value is -2.53. The molecule has 5 nitrogen and oxygen atoms in total. The minimum absolute atomic E-state index is 0.0643. The monoisotopic (exact) mass is 358 g/mol. The number of carbonyl (C=O) groups is 2. The summed E-state index contributed by atoms with van der Waals surface area (Å²) in [6.07, 6.45) is 0.184. The fourth-order valence-electron chi connectivity index (χ4n) is 3.02. The van der Waals surface area contributed by atoms with E-state index in [0.717, 1.165) is 11.3 Å². The van der Waals surface area contributed by atoms with E-state index in [0.29, 0.717) is 23.0 Å². The number of nitrogens with one attached hydrogen (secondary N) is 1. The number of amides is 2. The minimum atomic E-state index is -0.410. The number of para-hydroxylation sites is 2. The maximum absolute atomic E-state index is 12.6. The number of aryl methyl sites for hydroxylation is 1. The number of ether oxygens (including phenoxy) is 1. The second-order valence-corrected chi connectivity index (χ2v) is 6.46. The number of benzene rings is 2. The molecule has 2 amide bonds. The Morgan fingerprint density at radius 2 is 2.04 bits per heavy atom. The Morgan fingerprint density at radius 3 is 2.76 bits per heavy atom. The van der Waals surface area contributed by atoms with Gasteiger partial charge in [0.05, 0.1) is 18.7 Å². The molecule has 2 aromatic carbocycles. The summed E-state index contributed by atoms with van der Waals surface area (Å²) in [5.74, 6) is -0.0735. The van der Waals surface area contributed by atoms with E-state index in [-0.39, 0.29) is 18.2 Å². The largest absolute Gasteiger partial charge is 0.495 e. The Bertz CT molecular complexity index is 822. The van der Waals surface area contributed by atoms with Crippen molar-refractivity contribution in [1.29, 1.82) is 0 Å². The average molecular weight is 359 g/mol. The lowest BCUT2D eigenvalue weighted by Gasteiger charge is -2.19. The zero-order valence-corrected chi connectivity index (χ0v) is 14.8. The summed E-state index contributed by atoms with van der Waals surface area (Å²) in [4.78, 5) is 26.6. The third-order valence-electron chi connectivity index (χ3n) is 4.31. The van der Waals surface area contributed by atoms with Crippen molar-refractivity contribution in [3.63, 3.8) is 0 Å². The van der Waals surface area contributed by atoms with Crippen LogP contribution in [-0.2, 0) is 9.59 Å². The topological polar surface area (TPSA) is 58.6 Å². The van der Waals surface area contributed by atoms with Crippen LogP contribution in [0.25, 0.3) is 0 Å². The van der Waals surface area contributed by atoms with Crippen LogP contribution in [0.1, 0.15) is 12.0 Å². The molecule has 1 aliphatic rings. The molecule has 0 aliphatic carbocycles. The lowest BCUT2D eigenvalue weighted by Crippen LogP contribution is -2.28. The fraction of sp³-hybridized carbons (Fsp3) is 0.263. The molecule has 6 heteroatoms. The van der Waals surface area contributed by atoms with Crippen LogP contribution in [0.2, 0.25) is 5.02 Å². The van der Waals surface area contributed by atoms with Crippen molar-refractivity contribution in [2.75, 3.05) is 23.9 Å². The first-order chi connectivity index (χ1) is 12.0. The smallest absolute Gasteiger partial charge is 0.229 e. The molecule has 0 bridgehead atoms. The van der Waals surface area contributed by atoms with Gasteiger partial charge in [0.15, 0.2) is 0 Å². The highest BCUT2D eigenvalue weighted by Crippen LogP contribution is 2.31. The summed E-state index contributed by atoms with van der Waals surface area (Å²) in [6.45, 7) is 2.25. The lowest BCUT2D eigenvalue weighted by atomic mass is 10.1. The molecule has 2 aromatic rings. The highest BCUT2D eigenvalue weighted by atomic mass is 35.5. The van der Waals surface area contributed by atoms with E-state index in [2.05, 4.69) is 5.32 Å². The van der Waals surface area contributed by atoms with E-state index < -0.39 is 5.92 Å². The molecular weight excluding hydrogens is 340 g/mol. The van der Waals surface area contributed by atoms with Gasteiger partial charge in [0.25, 0.3) is 0 Å². The van der Waals surface area contributed by atoms with Gasteiger partial charge in [-0.2, -0.15) is 0 Å². The molecule has 0 radical (unpaired) electrons. The summed E-state index contributed by atoms with van der Waals surface area (Å²) < 4.78 is 5.24. The predicted octanol–water partition coefficient (Wildman–Crippen LogP) is 3.65. The van der Waals surface area contributed by atoms with Crippen molar-refractivity contribution in [2.24, 2.45) is 5.92 Å². The number of hydrogen-bond acceptors (Lipinski definition) is 3. The van der Waals surface area contributed by atoms with Gasteiger partial charge in [-0.25, -0.2) is 0 Å². The van der Waals surface area contributed by atoms with Crippen LogP contribution in [0.15, 0.2) is 42.5 Å². The number of hydrogen-bond donors (Lipinski definition) is 1. The molecule has 1 aliphatic heterocycles. The minimum Gasteiger partial charge on any atom is -0.495 e. The maximum Gasteiger partial charge on any atom is 0.229 e. The third kappa shape index (κ3) is 3.61. The van der Waals surface area contributed by atoms with Crippen molar-refractivity contribution in [3.8, 4) is 5.75 Å². The first-order valence-corrected chi connectivity index (χ1v) is 8.38. The van der Waals surface area contributed by atoms with Crippen LogP contribution in [0.4, 0.5) is 11.4 Å². The molecule has 1 N–H and O–H groups in total. The third-order valence-corrected chi connectivity index (χ3v) is 4.55. The lowest BCUT2D eigenvalue weighted by molar-refractivity contribution is -0.122. The highest BCUT2D eigenvalue weighted by Gasteiger charge is 2.35. The predicted molar refractivity (Wildman–Crippen MR) is 98.3 cm³/mol. The molecule has 1 fully saturated rings. The Morgan fingerprint density at radius 1 is 1.28 bits per heavy atom. The van der Waals surface area contributed by atoms with Gasteiger partial charge >= 0.3 is 0 Å². The van der Waals surface area contributed by atoms with Gasteiger partial charge in [-0.3, -0.25) is 9.59 Å². The molecule has 3 rings (SSSR count). The van der Waals surface area contributed by atoms with Gasteiger partial charge in [0.1, 0.15) is 5.75 Å². The SMILES string of the molecule is COc1ccccc1NC(=O)C1CC(=O)N(c2ccc(Cl)cc2C)C1. The maximum atomic E-state index is 12.6. The van der Waals surface area contributed by atoms with Gasteiger partial charge in [0.2, 0.25) is 11.8 Å². The second kappa shape index (κ2) is 7.15. The van der Waals surface area contributed by atoms with Crippen LogP contribution >= 0.6 is 11.6 Å². The van der Waals surface area contributed by atoms with Gasteiger partial charge in [-0.05, 0) is 42.8 Å². The number of rotatable bonds is 4. The van der Waals surface area contributed by atoms with Crippen molar-refractivity contribution in [2.45, 2.75) is 13.3 Å². The summed E-state index contributed by atoms with van der Waals surface area (Å²) in [5, 5.41) is 3.48. The number of halogens is 1. The molecule has 130 valence electrons. The van der Waals surface area contributed by atoms with E-state index in [9.17, 15) is 9.59 Å². The van der Waals surface area contributed by atoms with Gasteiger partial charge in [-0.1, -0.05) is 23.7 Å². The van der Waals surface area contributed by atoms with Crippen LogP contribution in [0.3, 0.4) is 0 Å². The molecular formula is C19H19ClN2O3. The highest BCUT2D eigenvalue weighted by molar-refractivity contribution is 6.30. The van der Waals surface area contributed by atoms with E-state index in [1.165, 1.54) is 0 Å². The van der Waals surface area contributed by atoms with Gasteiger partial charge in [-0.15, -0.1) is 0 Å². The van der Waals surface area contributed by atoms with Crippen LogP contribution in [-0.4, -0.2) is 25.5 Å². The van der Waals surface area contributed by atoms with Gasteiger partial charge in [0, 0.05) is 23.7 Å².